The van der Waals surface area contributed by atoms with E-state index < -0.39 is 5.91 Å². The largest absolute Gasteiger partial charge is 0.508 e. The number of carbonyl (C=O) groups is 1. The molecule has 0 atom stereocenters. The van der Waals surface area contributed by atoms with Crippen LogP contribution in [0.3, 0.4) is 0 Å². The van der Waals surface area contributed by atoms with Crippen LogP contribution >= 0.6 is 0 Å². The molecule has 0 unspecified atom stereocenters. The summed E-state index contributed by atoms with van der Waals surface area (Å²) < 4.78 is 6.05. The van der Waals surface area contributed by atoms with E-state index in [1.54, 1.807) is 30.3 Å². The summed E-state index contributed by atoms with van der Waals surface area (Å²) in [5.74, 6) is 0.956. The molecule has 3 aromatic carbocycles. The number of para-hydroxylation sites is 1. The number of nitrogens with two attached hydrogens (primary N) is 1. The Bertz CT molecular complexity index is 1060. The number of aromatic hydroxyl groups is 1. The highest BCUT2D eigenvalue weighted by molar-refractivity contribution is 5.99. The maximum Gasteiger partial charge on any atom is 0.250 e. The van der Waals surface area contributed by atoms with Gasteiger partial charge in [0.15, 0.2) is 0 Å². The molecule has 0 heterocycles. The first-order valence-electron chi connectivity index (χ1n) is 10.4. The van der Waals surface area contributed by atoms with Crippen LogP contribution in [0.2, 0.25) is 0 Å². The van der Waals surface area contributed by atoms with Crippen LogP contribution in [0.5, 0.6) is 17.2 Å². The third-order valence-electron chi connectivity index (χ3n) is 5.60. The highest BCUT2D eigenvalue weighted by atomic mass is 16.5. The first-order valence-corrected chi connectivity index (χ1v) is 10.4. The van der Waals surface area contributed by atoms with Crippen molar-refractivity contribution in [1.29, 1.82) is 0 Å². The van der Waals surface area contributed by atoms with Crippen molar-refractivity contribution in [2.75, 3.05) is 5.32 Å². The zero-order valence-electron chi connectivity index (χ0n) is 17.1. The number of hydrogen-bond donors (Lipinski definition) is 4. The van der Waals surface area contributed by atoms with E-state index in [2.05, 4.69) is 5.32 Å². The van der Waals surface area contributed by atoms with Gasteiger partial charge in [-0.2, -0.15) is 0 Å². The number of anilines is 1. The summed E-state index contributed by atoms with van der Waals surface area (Å²) in [7, 11) is 0. The van der Waals surface area contributed by atoms with Gasteiger partial charge in [0.2, 0.25) is 0 Å². The van der Waals surface area contributed by atoms with Gasteiger partial charge >= 0.3 is 0 Å². The molecule has 1 saturated carbocycles. The minimum Gasteiger partial charge on any atom is -0.508 e. The van der Waals surface area contributed by atoms with Crippen LogP contribution in [0.1, 0.15) is 36.0 Å². The molecular formula is C25H26N2O4. The standard InChI is InChI=1S/C25H26N2O4/c26-25(30)22-14-5-16(15-23(22)27-17-6-8-18(28)9-7-17)21-3-1-2-4-24(21)31-20-12-10-19(29)11-13-20/h1-5,10-15,17-18,27-29H,6-9H2,(H2,26,30). The van der Waals surface area contributed by atoms with Gasteiger partial charge in [-0.05, 0) is 73.7 Å². The van der Waals surface area contributed by atoms with Gasteiger partial charge in [0.25, 0.3) is 5.91 Å². The lowest BCUT2D eigenvalue weighted by Gasteiger charge is -2.28. The number of aliphatic hydroxyl groups is 1. The molecule has 4 rings (SSSR count). The summed E-state index contributed by atoms with van der Waals surface area (Å²) >= 11 is 0. The number of carbonyl (C=O) groups excluding carboxylic acids is 1. The molecule has 3 aromatic rings. The molecule has 0 saturated heterocycles. The average Bonchev–Trinajstić information content (AvgIpc) is 2.77. The van der Waals surface area contributed by atoms with Crippen molar-refractivity contribution >= 4 is 11.6 Å². The first kappa shape index (κ1) is 20.8. The zero-order chi connectivity index (χ0) is 21.8. The molecular weight excluding hydrogens is 392 g/mol. The molecule has 0 bridgehead atoms. The Labute approximate surface area is 181 Å². The SMILES string of the molecule is NC(=O)c1ccc(-c2ccccc2Oc2ccc(O)cc2)cc1NC1CCC(O)CC1. The number of hydrogen-bond acceptors (Lipinski definition) is 5. The molecule has 31 heavy (non-hydrogen) atoms. The Morgan fingerprint density at radius 3 is 2.39 bits per heavy atom. The summed E-state index contributed by atoms with van der Waals surface area (Å²) in [6.07, 6.45) is 2.91. The fourth-order valence-corrected chi connectivity index (χ4v) is 3.92. The van der Waals surface area contributed by atoms with Crippen LogP contribution in [0.15, 0.2) is 66.7 Å². The lowest BCUT2D eigenvalue weighted by atomic mass is 9.92. The smallest absolute Gasteiger partial charge is 0.250 e. The van der Waals surface area contributed by atoms with Crippen molar-refractivity contribution in [3.63, 3.8) is 0 Å². The van der Waals surface area contributed by atoms with Gasteiger partial charge < -0.3 is 26.0 Å². The fraction of sp³-hybridized carbons (Fsp3) is 0.240. The van der Waals surface area contributed by atoms with Crippen molar-refractivity contribution in [2.24, 2.45) is 5.73 Å². The molecule has 1 fully saturated rings. The van der Waals surface area contributed by atoms with Crippen LogP contribution in [-0.4, -0.2) is 28.3 Å². The van der Waals surface area contributed by atoms with E-state index in [1.165, 1.54) is 0 Å². The van der Waals surface area contributed by atoms with Gasteiger partial charge in [0, 0.05) is 17.3 Å². The molecule has 0 aliphatic heterocycles. The molecule has 160 valence electrons. The Morgan fingerprint density at radius 2 is 1.68 bits per heavy atom. The summed E-state index contributed by atoms with van der Waals surface area (Å²) in [6.45, 7) is 0. The monoisotopic (exact) mass is 418 g/mol. The van der Waals surface area contributed by atoms with E-state index in [-0.39, 0.29) is 17.9 Å². The molecule has 6 heteroatoms. The van der Waals surface area contributed by atoms with Crippen LogP contribution < -0.4 is 15.8 Å². The molecule has 5 N–H and O–H groups in total. The van der Waals surface area contributed by atoms with Crippen molar-refractivity contribution in [1.82, 2.24) is 0 Å². The fourth-order valence-electron chi connectivity index (χ4n) is 3.92. The van der Waals surface area contributed by atoms with Gasteiger partial charge in [0.1, 0.15) is 17.2 Å². The Morgan fingerprint density at radius 1 is 0.968 bits per heavy atom. The quantitative estimate of drug-likeness (QED) is 0.466. The predicted molar refractivity (Wildman–Crippen MR) is 120 cm³/mol. The number of ether oxygens (including phenoxy) is 1. The topological polar surface area (TPSA) is 105 Å². The normalized spacial score (nSPS) is 18.4. The maximum absolute atomic E-state index is 12.0. The lowest BCUT2D eigenvalue weighted by molar-refractivity contribution is 0.100. The van der Waals surface area contributed by atoms with E-state index in [0.717, 1.165) is 36.8 Å². The van der Waals surface area contributed by atoms with Crippen molar-refractivity contribution in [3.8, 4) is 28.4 Å². The Balaban J connectivity index is 1.65. The second kappa shape index (κ2) is 9.10. The molecule has 0 spiro atoms. The first-order chi connectivity index (χ1) is 15.0. The molecule has 0 aromatic heterocycles. The summed E-state index contributed by atoms with van der Waals surface area (Å²) in [5, 5.41) is 22.7. The van der Waals surface area contributed by atoms with E-state index in [1.807, 2.05) is 36.4 Å². The predicted octanol–water partition coefficient (Wildman–Crippen LogP) is 4.67. The zero-order valence-corrected chi connectivity index (χ0v) is 17.1. The number of aliphatic hydroxyl groups excluding tert-OH is 1. The summed E-state index contributed by atoms with van der Waals surface area (Å²) in [4.78, 5) is 12.0. The third-order valence-corrected chi connectivity index (χ3v) is 5.60. The maximum atomic E-state index is 12.0. The van der Waals surface area contributed by atoms with Crippen LogP contribution in [0.4, 0.5) is 5.69 Å². The number of benzene rings is 3. The van der Waals surface area contributed by atoms with Crippen molar-refractivity contribution in [3.05, 3.63) is 72.3 Å². The summed E-state index contributed by atoms with van der Waals surface area (Å²) in [6, 6.07) is 19.9. The van der Waals surface area contributed by atoms with E-state index in [4.69, 9.17) is 10.5 Å². The van der Waals surface area contributed by atoms with Crippen molar-refractivity contribution < 1.29 is 19.7 Å². The molecule has 1 aliphatic carbocycles. The van der Waals surface area contributed by atoms with Gasteiger partial charge in [-0.25, -0.2) is 0 Å². The van der Waals surface area contributed by atoms with E-state index in [9.17, 15) is 15.0 Å². The number of amides is 1. The van der Waals surface area contributed by atoms with Crippen LogP contribution in [-0.2, 0) is 0 Å². The second-order valence-electron chi connectivity index (χ2n) is 7.87. The van der Waals surface area contributed by atoms with Gasteiger partial charge in [-0.15, -0.1) is 0 Å². The number of primary amides is 1. The Hall–Kier alpha value is -3.51. The summed E-state index contributed by atoms with van der Waals surface area (Å²) in [5.41, 5.74) is 8.49. The van der Waals surface area contributed by atoms with Crippen molar-refractivity contribution in [2.45, 2.75) is 37.8 Å². The molecule has 1 amide bonds. The Kier molecular flexibility index (Phi) is 6.09. The number of phenolic OH excluding ortho intramolecular Hbond substituents is 1. The molecule has 6 nitrogen and oxygen atoms in total. The molecule has 0 radical (unpaired) electrons. The minimum atomic E-state index is -0.487. The average molecular weight is 418 g/mol. The van der Waals surface area contributed by atoms with Gasteiger partial charge in [0.05, 0.1) is 11.7 Å². The number of nitrogens with one attached hydrogen (secondary N) is 1. The van der Waals surface area contributed by atoms with Gasteiger partial charge in [-0.1, -0.05) is 24.3 Å². The lowest BCUT2D eigenvalue weighted by Crippen LogP contribution is -2.29. The second-order valence-corrected chi connectivity index (χ2v) is 7.87. The third kappa shape index (κ3) is 4.98. The highest BCUT2D eigenvalue weighted by Gasteiger charge is 2.21. The molecule has 1 aliphatic rings. The minimum absolute atomic E-state index is 0.175. The number of phenols is 1. The van der Waals surface area contributed by atoms with Crippen LogP contribution in [0, 0.1) is 0 Å². The van der Waals surface area contributed by atoms with E-state index >= 15 is 0 Å². The van der Waals surface area contributed by atoms with Crippen LogP contribution in [0.25, 0.3) is 11.1 Å². The van der Waals surface area contributed by atoms with Gasteiger partial charge in [-0.3, -0.25) is 4.79 Å². The van der Waals surface area contributed by atoms with E-state index in [0.29, 0.717) is 22.7 Å². The number of rotatable bonds is 6. The highest BCUT2D eigenvalue weighted by Crippen LogP contribution is 2.36.